The van der Waals surface area contributed by atoms with Crippen LogP contribution in [-0.4, -0.2) is 35.5 Å². The SMILES string of the molecule is O[C@@]12CCCC[C@H]1[C@H](c1ccc3c(c1)OCO3)N(CC=Cc1ccccc1)CC2. The molecule has 152 valence electrons. The minimum atomic E-state index is -0.543. The lowest BCUT2D eigenvalue weighted by atomic mass is 9.66. The highest BCUT2D eigenvalue weighted by Gasteiger charge is 2.48. The van der Waals surface area contributed by atoms with Gasteiger partial charge >= 0.3 is 0 Å². The minimum absolute atomic E-state index is 0.198. The predicted octanol–water partition coefficient (Wildman–Crippen LogP) is 4.80. The first-order valence-electron chi connectivity index (χ1n) is 10.8. The smallest absolute Gasteiger partial charge is 0.231 e. The maximum Gasteiger partial charge on any atom is 0.231 e. The molecule has 2 aromatic rings. The molecule has 4 heteroatoms. The van der Waals surface area contributed by atoms with Crippen molar-refractivity contribution < 1.29 is 14.6 Å². The first kappa shape index (κ1) is 18.7. The van der Waals surface area contributed by atoms with Gasteiger partial charge in [-0.15, -0.1) is 0 Å². The van der Waals surface area contributed by atoms with Gasteiger partial charge in [-0.1, -0.05) is 61.4 Å². The lowest BCUT2D eigenvalue weighted by Crippen LogP contribution is -2.54. The Labute approximate surface area is 172 Å². The molecule has 4 nitrogen and oxygen atoms in total. The Morgan fingerprint density at radius 3 is 2.79 bits per heavy atom. The van der Waals surface area contributed by atoms with Gasteiger partial charge in [0.1, 0.15) is 0 Å². The average molecular weight is 392 g/mol. The van der Waals surface area contributed by atoms with Crippen LogP contribution in [0.15, 0.2) is 54.6 Å². The van der Waals surface area contributed by atoms with Crippen molar-refractivity contribution in [3.8, 4) is 11.5 Å². The molecular weight excluding hydrogens is 362 g/mol. The Balaban J connectivity index is 1.43. The predicted molar refractivity (Wildman–Crippen MR) is 114 cm³/mol. The monoisotopic (exact) mass is 391 g/mol. The van der Waals surface area contributed by atoms with Crippen LogP contribution in [-0.2, 0) is 0 Å². The van der Waals surface area contributed by atoms with Crippen LogP contribution < -0.4 is 9.47 Å². The second-order valence-corrected chi connectivity index (χ2v) is 8.57. The van der Waals surface area contributed by atoms with Crippen LogP contribution in [0.5, 0.6) is 11.5 Å². The Bertz CT molecular complexity index is 881. The number of fused-ring (bicyclic) bond motifs is 2. The zero-order valence-corrected chi connectivity index (χ0v) is 16.8. The molecule has 0 spiro atoms. The van der Waals surface area contributed by atoms with Crippen LogP contribution in [0.2, 0.25) is 0 Å². The first-order valence-corrected chi connectivity index (χ1v) is 10.8. The van der Waals surface area contributed by atoms with E-state index in [-0.39, 0.29) is 12.0 Å². The van der Waals surface area contributed by atoms with Gasteiger partial charge in [-0.05, 0) is 42.5 Å². The minimum Gasteiger partial charge on any atom is -0.454 e. The Hall–Kier alpha value is -2.30. The van der Waals surface area contributed by atoms with E-state index < -0.39 is 5.60 Å². The first-order chi connectivity index (χ1) is 14.2. The largest absolute Gasteiger partial charge is 0.454 e. The summed E-state index contributed by atoms with van der Waals surface area (Å²) in [5, 5.41) is 11.4. The normalized spacial score (nSPS) is 29.1. The van der Waals surface area contributed by atoms with Crippen molar-refractivity contribution in [2.75, 3.05) is 19.9 Å². The molecule has 0 bridgehead atoms. The van der Waals surface area contributed by atoms with E-state index in [1.54, 1.807) is 0 Å². The fourth-order valence-electron chi connectivity index (χ4n) is 5.38. The molecule has 2 aromatic carbocycles. The number of rotatable bonds is 4. The van der Waals surface area contributed by atoms with E-state index in [1.165, 1.54) is 17.5 Å². The van der Waals surface area contributed by atoms with Crippen LogP contribution in [0.3, 0.4) is 0 Å². The molecule has 1 aliphatic carbocycles. The summed E-state index contributed by atoms with van der Waals surface area (Å²) in [6.07, 6.45) is 9.64. The van der Waals surface area contributed by atoms with E-state index in [4.69, 9.17) is 9.47 Å². The third kappa shape index (κ3) is 3.67. The Kier molecular flexibility index (Phi) is 5.06. The molecule has 29 heavy (non-hydrogen) atoms. The van der Waals surface area contributed by atoms with Gasteiger partial charge in [0.15, 0.2) is 11.5 Å². The Morgan fingerprint density at radius 1 is 1.03 bits per heavy atom. The molecular formula is C25H29NO3. The number of hydrogen-bond acceptors (Lipinski definition) is 4. The fourth-order valence-corrected chi connectivity index (χ4v) is 5.38. The number of aliphatic hydroxyl groups is 1. The van der Waals surface area contributed by atoms with E-state index >= 15 is 0 Å². The van der Waals surface area contributed by atoms with Gasteiger partial charge in [0, 0.05) is 25.0 Å². The van der Waals surface area contributed by atoms with Crippen molar-refractivity contribution in [3.63, 3.8) is 0 Å². The topological polar surface area (TPSA) is 41.9 Å². The van der Waals surface area contributed by atoms with Gasteiger partial charge in [0.2, 0.25) is 6.79 Å². The van der Waals surface area contributed by atoms with Crippen LogP contribution in [0.1, 0.15) is 49.3 Å². The lowest BCUT2D eigenvalue weighted by Gasteiger charge is -2.52. The average Bonchev–Trinajstić information content (AvgIpc) is 3.22. The number of nitrogens with zero attached hydrogens (tertiary/aromatic N) is 1. The van der Waals surface area contributed by atoms with Gasteiger partial charge in [-0.25, -0.2) is 0 Å². The highest BCUT2D eigenvalue weighted by molar-refractivity contribution is 5.49. The standard InChI is InChI=1S/C25H29NO3/c27-25-13-5-4-10-21(25)24(20-11-12-22-23(17-20)29-18-28-22)26(16-14-25)15-6-9-19-7-2-1-3-8-19/h1-3,6-9,11-12,17,21,24,27H,4-5,10,13-16,18H2/t21-,24-,25+/m0/s1. The molecule has 1 saturated heterocycles. The molecule has 1 N–H and O–H groups in total. The number of ether oxygens (including phenoxy) is 2. The number of piperidine rings is 1. The van der Waals surface area contributed by atoms with Crippen LogP contribution in [0, 0.1) is 5.92 Å². The van der Waals surface area contributed by atoms with Gasteiger partial charge < -0.3 is 14.6 Å². The number of benzene rings is 2. The van der Waals surface area contributed by atoms with Crippen molar-refractivity contribution >= 4 is 6.08 Å². The Morgan fingerprint density at radius 2 is 1.90 bits per heavy atom. The van der Waals surface area contributed by atoms with Gasteiger partial charge in [-0.3, -0.25) is 4.90 Å². The highest BCUT2D eigenvalue weighted by atomic mass is 16.7. The number of likely N-dealkylation sites (tertiary alicyclic amines) is 1. The van der Waals surface area contributed by atoms with E-state index in [0.29, 0.717) is 6.79 Å². The van der Waals surface area contributed by atoms with Crippen molar-refractivity contribution in [1.29, 1.82) is 0 Å². The maximum atomic E-state index is 11.4. The van der Waals surface area contributed by atoms with E-state index in [1.807, 2.05) is 12.1 Å². The summed E-state index contributed by atoms with van der Waals surface area (Å²) in [6, 6.07) is 16.9. The van der Waals surface area contributed by atoms with Gasteiger partial charge in [0.25, 0.3) is 0 Å². The lowest BCUT2D eigenvalue weighted by molar-refractivity contribution is -0.122. The quantitative estimate of drug-likeness (QED) is 0.813. The molecule has 0 radical (unpaired) electrons. The molecule has 2 fully saturated rings. The molecule has 0 aromatic heterocycles. The second kappa shape index (κ2) is 7.85. The summed E-state index contributed by atoms with van der Waals surface area (Å²) in [7, 11) is 0. The summed E-state index contributed by atoms with van der Waals surface area (Å²) in [5.74, 6) is 1.90. The summed E-state index contributed by atoms with van der Waals surface area (Å²) < 4.78 is 11.2. The van der Waals surface area contributed by atoms with E-state index in [2.05, 4.69) is 53.5 Å². The zero-order valence-electron chi connectivity index (χ0n) is 16.8. The van der Waals surface area contributed by atoms with Crippen molar-refractivity contribution in [1.82, 2.24) is 4.90 Å². The molecule has 5 rings (SSSR count). The molecule has 1 saturated carbocycles. The van der Waals surface area contributed by atoms with Crippen molar-refractivity contribution in [2.45, 2.75) is 43.7 Å². The summed E-state index contributed by atoms with van der Waals surface area (Å²) in [5.41, 5.74) is 1.91. The highest BCUT2D eigenvalue weighted by Crippen LogP contribution is 2.50. The van der Waals surface area contributed by atoms with Crippen molar-refractivity contribution in [2.24, 2.45) is 5.92 Å². The summed E-state index contributed by atoms with van der Waals surface area (Å²) >= 11 is 0. The van der Waals surface area contributed by atoms with Crippen LogP contribution >= 0.6 is 0 Å². The molecule has 0 amide bonds. The third-order valence-electron chi connectivity index (χ3n) is 6.86. The summed E-state index contributed by atoms with van der Waals surface area (Å²) in [6.45, 7) is 2.08. The van der Waals surface area contributed by atoms with Crippen LogP contribution in [0.4, 0.5) is 0 Å². The fraction of sp³-hybridized carbons (Fsp3) is 0.440. The third-order valence-corrected chi connectivity index (χ3v) is 6.86. The molecule has 3 aliphatic rings. The van der Waals surface area contributed by atoms with Gasteiger partial charge in [0.05, 0.1) is 5.60 Å². The second-order valence-electron chi connectivity index (χ2n) is 8.57. The van der Waals surface area contributed by atoms with Crippen LogP contribution in [0.25, 0.3) is 6.08 Å². The molecule has 2 heterocycles. The van der Waals surface area contributed by atoms with Gasteiger partial charge in [-0.2, -0.15) is 0 Å². The molecule has 0 unspecified atom stereocenters. The zero-order chi connectivity index (χ0) is 19.7. The van der Waals surface area contributed by atoms with E-state index in [9.17, 15) is 5.11 Å². The molecule has 3 atom stereocenters. The summed E-state index contributed by atoms with van der Waals surface area (Å²) in [4.78, 5) is 2.53. The van der Waals surface area contributed by atoms with E-state index in [0.717, 1.165) is 50.3 Å². The molecule has 2 aliphatic heterocycles. The number of hydrogen-bond donors (Lipinski definition) is 1. The maximum absolute atomic E-state index is 11.4. The van der Waals surface area contributed by atoms with Crippen molar-refractivity contribution in [3.05, 3.63) is 65.7 Å².